The van der Waals surface area contributed by atoms with Crippen LogP contribution in [-0.2, 0) is 32.2 Å². The van der Waals surface area contributed by atoms with E-state index in [1.165, 1.54) is 28.3 Å². The molecule has 0 aliphatic heterocycles. The lowest BCUT2D eigenvalue weighted by Crippen LogP contribution is -2.45. The number of hydrogen-bond acceptors (Lipinski definition) is 4. The number of aromatic amines is 1. The Bertz CT molecular complexity index is 1430. The summed E-state index contributed by atoms with van der Waals surface area (Å²) in [5.74, 6) is 0. The molecule has 0 saturated heterocycles. The van der Waals surface area contributed by atoms with Crippen molar-refractivity contribution >= 4 is 16.6 Å². The lowest BCUT2D eigenvalue weighted by Gasteiger charge is -2.27. The van der Waals surface area contributed by atoms with Gasteiger partial charge in [-0.3, -0.25) is 4.79 Å². The molecule has 0 bridgehead atoms. The Morgan fingerprint density at radius 1 is 0.946 bits per heavy atom. The molecule has 1 heterocycles. The molecule has 0 saturated carbocycles. The highest BCUT2D eigenvalue weighted by Crippen LogP contribution is 2.34. The number of aliphatic hydroxyl groups excluding tert-OH is 1. The molecule has 1 aliphatic carbocycles. The number of rotatable bonds is 9. The zero-order valence-corrected chi connectivity index (χ0v) is 22.0. The maximum Gasteiger partial charge on any atom is 0.248 e. The summed E-state index contributed by atoms with van der Waals surface area (Å²) in [7, 11) is 0. The molecular formula is C32H37N3O2. The second-order valence-corrected chi connectivity index (χ2v) is 10.6. The summed E-state index contributed by atoms with van der Waals surface area (Å²) in [4.78, 5) is 15.2. The fourth-order valence-electron chi connectivity index (χ4n) is 5.76. The number of H-pyrrole nitrogens is 1. The van der Waals surface area contributed by atoms with Crippen LogP contribution in [0.15, 0.2) is 71.5 Å². The maximum absolute atomic E-state index is 12.2. The van der Waals surface area contributed by atoms with E-state index in [1.807, 2.05) is 36.4 Å². The van der Waals surface area contributed by atoms with Crippen molar-refractivity contribution in [3.63, 3.8) is 0 Å². The number of anilines is 1. The minimum atomic E-state index is -0.700. The van der Waals surface area contributed by atoms with Crippen molar-refractivity contribution in [1.82, 2.24) is 10.3 Å². The molecule has 0 spiro atoms. The van der Waals surface area contributed by atoms with E-state index in [4.69, 9.17) is 0 Å². The Morgan fingerprint density at radius 2 is 1.62 bits per heavy atom. The first-order valence-corrected chi connectivity index (χ1v) is 13.4. The van der Waals surface area contributed by atoms with Crippen molar-refractivity contribution in [3.8, 4) is 0 Å². The molecule has 3 aromatic carbocycles. The van der Waals surface area contributed by atoms with E-state index in [1.54, 1.807) is 0 Å². The van der Waals surface area contributed by atoms with E-state index in [0.29, 0.717) is 13.1 Å². The summed E-state index contributed by atoms with van der Waals surface area (Å²) >= 11 is 0. The average molecular weight is 496 g/mol. The Morgan fingerprint density at radius 3 is 2.27 bits per heavy atom. The fourth-order valence-corrected chi connectivity index (χ4v) is 5.76. The van der Waals surface area contributed by atoms with E-state index >= 15 is 0 Å². The predicted molar refractivity (Wildman–Crippen MR) is 152 cm³/mol. The number of β-amino-alcohol motifs (C(OH)–C–C–N with tert-alkyl or cyclic N) is 1. The SMILES string of the molecule is CCc1cc2c(cc1CC)CC(C)(NC[C@@H](O)c1ccc(NCc3ccccc3)c3[nH]c(=O)ccc13)C2. The monoisotopic (exact) mass is 495 g/mol. The molecule has 37 heavy (non-hydrogen) atoms. The number of aliphatic hydroxyl groups is 1. The minimum Gasteiger partial charge on any atom is -0.387 e. The summed E-state index contributed by atoms with van der Waals surface area (Å²) < 4.78 is 0. The van der Waals surface area contributed by atoms with Crippen molar-refractivity contribution in [2.24, 2.45) is 0 Å². The van der Waals surface area contributed by atoms with E-state index in [9.17, 15) is 9.90 Å². The molecule has 0 amide bonds. The molecule has 5 nitrogen and oxygen atoms in total. The summed E-state index contributed by atoms with van der Waals surface area (Å²) in [6, 6.07) is 22.2. The van der Waals surface area contributed by atoms with Crippen LogP contribution in [-0.4, -0.2) is 22.2 Å². The zero-order valence-electron chi connectivity index (χ0n) is 22.0. The van der Waals surface area contributed by atoms with Gasteiger partial charge >= 0.3 is 0 Å². The van der Waals surface area contributed by atoms with Gasteiger partial charge in [-0.15, -0.1) is 0 Å². The van der Waals surface area contributed by atoms with Crippen molar-refractivity contribution in [2.75, 3.05) is 11.9 Å². The van der Waals surface area contributed by atoms with Gasteiger partial charge in [-0.05, 0) is 78.1 Å². The van der Waals surface area contributed by atoms with Gasteiger partial charge in [0.25, 0.3) is 0 Å². The van der Waals surface area contributed by atoms with Crippen molar-refractivity contribution < 1.29 is 5.11 Å². The van der Waals surface area contributed by atoms with Gasteiger partial charge in [0.15, 0.2) is 0 Å². The summed E-state index contributed by atoms with van der Waals surface area (Å²) in [6.45, 7) is 7.79. The molecule has 192 valence electrons. The third-order valence-corrected chi connectivity index (χ3v) is 7.78. The highest BCUT2D eigenvalue weighted by Gasteiger charge is 2.33. The van der Waals surface area contributed by atoms with Crippen molar-refractivity contribution in [2.45, 2.75) is 64.6 Å². The van der Waals surface area contributed by atoms with E-state index in [0.717, 1.165) is 53.4 Å². The molecule has 5 rings (SSSR count). The van der Waals surface area contributed by atoms with Crippen molar-refractivity contribution in [3.05, 3.63) is 110 Å². The van der Waals surface area contributed by atoms with Gasteiger partial charge in [-0.2, -0.15) is 0 Å². The third kappa shape index (κ3) is 5.34. The number of pyridine rings is 1. The van der Waals surface area contributed by atoms with E-state index < -0.39 is 6.10 Å². The number of nitrogens with one attached hydrogen (secondary N) is 3. The molecule has 0 fully saturated rings. The van der Waals surface area contributed by atoms with Crippen LogP contribution in [0.4, 0.5) is 5.69 Å². The molecule has 0 unspecified atom stereocenters. The summed E-state index contributed by atoms with van der Waals surface area (Å²) in [6.07, 6.45) is 3.34. The number of aryl methyl sites for hydroxylation is 2. The van der Waals surface area contributed by atoms with Gasteiger partial charge in [0.1, 0.15) is 0 Å². The summed E-state index contributed by atoms with van der Waals surface area (Å²) in [5, 5.41) is 19.2. The normalized spacial score (nSPS) is 15.0. The van der Waals surface area contributed by atoms with Crippen LogP contribution in [0.1, 0.15) is 60.3 Å². The van der Waals surface area contributed by atoms with Crippen LogP contribution in [0.2, 0.25) is 0 Å². The molecule has 4 aromatic rings. The summed E-state index contributed by atoms with van der Waals surface area (Å²) in [5.41, 5.74) is 9.03. The van der Waals surface area contributed by atoms with Gasteiger partial charge in [0, 0.05) is 30.1 Å². The largest absolute Gasteiger partial charge is 0.387 e. The molecule has 5 heteroatoms. The van der Waals surface area contributed by atoms with Gasteiger partial charge in [0.2, 0.25) is 5.56 Å². The maximum atomic E-state index is 12.2. The molecule has 1 aliphatic rings. The average Bonchev–Trinajstić information content (AvgIpc) is 3.25. The zero-order chi connectivity index (χ0) is 26.0. The standard InChI is InChI=1S/C32H37N3O2/c1-4-22-15-24-17-32(3,18-25(24)16-23(22)5-2)34-20-29(36)26-11-13-28(31-27(26)12-14-30(37)35-31)33-19-21-9-7-6-8-10-21/h6-16,29,33-34,36H,4-5,17-20H2,1-3H3,(H,35,37)/t29-/m1/s1. The van der Waals surface area contributed by atoms with Crippen molar-refractivity contribution in [1.29, 1.82) is 0 Å². The first kappa shape index (κ1) is 25.2. The first-order valence-electron chi connectivity index (χ1n) is 13.4. The van der Waals surface area contributed by atoms with E-state index in [-0.39, 0.29) is 11.1 Å². The number of benzene rings is 3. The third-order valence-electron chi connectivity index (χ3n) is 7.78. The topological polar surface area (TPSA) is 77.2 Å². The highest BCUT2D eigenvalue weighted by atomic mass is 16.3. The first-order chi connectivity index (χ1) is 17.9. The Balaban J connectivity index is 1.33. The highest BCUT2D eigenvalue weighted by molar-refractivity contribution is 5.93. The smallest absolute Gasteiger partial charge is 0.248 e. The Labute approximate surface area is 219 Å². The second-order valence-electron chi connectivity index (χ2n) is 10.6. The van der Waals surface area contributed by atoms with Gasteiger partial charge < -0.3 is 20.7 Å². The minimum absolute atomic E-state index is 0.0953. The number of fused-ring (bicyclic) bond motifs is 2. The van der Waals surface area contributed by atoms with Gasteiger partial charge in [0.05, 0.1) is 17.3 Å². The Kier molecular flexibility index (Phi) is 7.18. The lowest BCUT2D eigenvalue weighted by molar-refractivity contribution is 0.161. The van der Waals surface area contributed by atoms with Crippen LogP contribution < -0.4 is 16.2 Å². The second kappa shape index (κ2) is 10.5. The Hall–Kier alpha value is -3.41. The van der Waals surface area contributed by atoms with E-state index in [2.05, 4.69) is 60.7 Å². The van der Waals surface area contributed by atoms with Crippen LogP contribution in [0.25, 0.3) is 10.9 Å². The fraction of sp³-hybridized carbons (Fsp3) is 0.344. The number of hydrogen-bond donors (Lipinski definition) is 4. The van der Waals surface area contributed by atoms with Crippen LogP contribution in [0, 0.1) is 0 Å². The number of aromatic nitrogens is 1. The van der Waals surface area contributed by atoms with Crippen LogP contribution in [0.5, 0.6) is 0 Å². The quantitative estimate of drug-likeness (QED) is 0.249. The van der Waals surface area contributed by atoms with Crippen LogP contribution in [0.3, 0.4) is 0 Å². The van der Waals surface area contributed by atoms with Gasteiger partial charge in [-0.1, -0.05) is 62.4 Å². The van der Waals surface area contributed by atoms with Gasteiger partial charge in [-0.25, -0.2) is 0 Å². The molecule has 1 atom stereocenters. The molecular weight excluding hydrogens is 458 g/mol. The van der Waals surface area contributed by atoms with Crippen LogP contribution >= 0.6 is 0 Å². The molecule has 4 N–H and O–H groups in total. The molecule has 1 aromatic heterocycles. The lowest BCUT2D eigenvalue weighted by atomic mass is 9.96. The predicted octanol–water partition coefficient (Wildman–Crippen LogP) is 5.45. The molecule has 0 radical (unpaired) electrons.